The van der Waals surface area contributed by atoms with Crippen LogP contribution in [0.3, 0.4) is 0 Å². The van der Waals surface area contributed by atoms with Crippen molar-refractivity contribution in [3.05, 3.63) is 47.4 Å². The van der Waals surface area contributed by atoms with Crippen molar-refractivity contribution in [3.63, 3.8) is 0 Å². The van der Waals surface area contributed by atoms with Crippen LogP contribution in [0, 0.1) is 5.82 Å². The highest BCUT2D eigenvalue weighted by Gasteiger charge is 2.25. The summed E-state index contributed by atoms with van der Waals surface area (Å²) in [5.74, 6) is 0.933. The quantitative estimate of drug-likeness (QED) is 0.932. The molecule has 0 aliphatic carbocycles. The summed E-state index contributed by atoms with van der Waals surface area (Å²) in [4.78, 5) is 16.5. The van der Waals surface area contributed by atoms with Gasteiger partial charge in [-0.15, -0.1) is 0 Å². The molecule has 132 valence electrons. The van der Waals surface area contributed by atoms with Gasteiger partial charge in [0.25, 0.3) is 5.91 Å². The van der Waals surface area contributed by atoms with Crippen molar-refractivity contribution >= 4 is 11.7 Å². The number of carbonyl (C=O) groups is 1. The lowest BCUT2D eigenvalue weighted by Gasteiger charge is -2.32. The molecule has 2 aromatic rings. The van der Waals surface area contributed by atoms with Crippen molar-refractivity contribution < 1.29 is 9.18 Å². The number of benzene rings is 1. The lowest BCUT2D eigenvalue weighted by atomic mass is 9.88. The van der Waals surface area contributed by atoms with Crippen LogP contribution in [0.15, 0.2) is 30.5 Å². The second-order valence-corrected chi connectivity index (χ2v) is 6.94. The third-order valence-electron chi connectivity index (χ3n) is 5.40. The minimum atomic E-state index is -0.245. The Morgan fingerprint density at radius 2 is 1.88 bits per heavy atom. The van der Waals surface area contributed by atoms with Gasteiger partial charge < -0.3 is 9.80 Å². The zero-order chi connectivity index (χ0) is 17.2. The Bertz CT molecular complexity index is 732. The van der Waals surface area contributed by atoms with Crippen molar-refractivity contribution in [2.24, 2.45) is 0 Å². The van der Waals surface area contributed by atoms with Gasteiger partial charge in [-0.25, -0.2) is 4.39 Å². The molecule has 5 nitrogen and oxygen atoms in total. The Morgan fingerprint density at radius 3 is 2.52 bits per heavy atom. The molecular formula is C19H23FN4O. The van der Waals surface area contributed by atoms with E-state index in [0.717, 1.165) is 63.2 Å². The van der Waals surface area contributed by atoms with E-state index in [1.807, 2.05) is 17.0 Å². The van der Waals surface area contributed by atoms with Crippen molar-refractivity contribution in [2.75, 3.05) is 31.1 Å². The summed E-state index contributed by atoms with van der Waals surface area (Å²) in [6.07, 6.45) is 5.63. The fourth-order valence-electron chi connectivity index (χ4n) is 3.95. The van der Waals surface area contributed by atoms with Gasteiger partial charge in [-0.3, -0.25) is 9.89 Å². The van der Waals surface area contributed by atoms with Crippen LogP contribution in [0.1, 0.15) is 47.5 Å². The third-order valence-corrected chi connectivity index (χ3v) is 5.40. The minimum absolute atomic E-state index is 0.0444. The maximum Gasteiger partial charge on any atom is 0.253 e. The number of aromatic nitrogens is 2. The van der Waals surface area contributed by atoms with Crippen molar-refractivity contribution in [2.45, 2.75) is 31.6 Å². The van der Waals surface area contributed by atoms with Gasteiger partial charge in [-0.1, -0.05) is 6.07 Å². The van der Waals surface area contributed by atoms with Gasteiger partial charge in [0.2, 0.25) is 0 Å². The van der Waals surface area contributed by atoms with Gasteiger partial charge in [-0.2, -0.15) is 5.10 Å². The lowest BCUT2D eigenvalue weighted by molar-refractivity contribution is 0.0792. The van der Waals surface area contributed by atoms with Crippen LogP contribution in [0.4, 0.5) is 10.2 Å². The normalized spacial score (nSPS) is 18.8. The fourth-order valence-corrected chi connectivity index (χ4v) is 3.95. The maximum atomic E-state index is 14.7. The van der Waals surface area contributed by atoms with Gasteiger partial charge in [-0.05, 0) is 49.3 Å². The topological polar surface area (TPSA) is 52.2 Å². The van der Waals surface area contributed by atoms with Gasteiger partial charge in [0.1, 0.15) is 11.6 Å². The molecule has 0 saturated carbocycles. The number of hydrogen-bond donors (Lipinski definition) is 1. The number of anilines is 1. The number of nitrogens with one attached hydrogen (secondary N) is 1. The molecule has 0 radical (unpaired) electrons. The largest absolute Gasteiger partial charge is 0.357 e. The summed E-state index contributed by atoms with van der Waals surface area (Å²) >= 11 is 0. The Kier molecular flexibility index (Phi) is 4.42. The highest BCUT2D eigenvalue weighted by molar-refractivity contribution is 5.94. The van der Waals surface area contributed by atoms with E-state index in [0.29, 0.717) is 5.56 Å². The monoisotopic (exact) mass is 342 g/mol. The summed E-state index contributed by atoms with van der Waals surface area (Å²) in [5, 5.41) is 6.96. The zero-order valence-electron chi connectivity index (χ0n) is 14.2. The average molecular weight is 342 g/mol. The summed E-state index contributed by atoms with van der Waals surface area (Å²) in [6, 6.07) is 6.99. The molecule has 4 rings (SSSR count). The average Bonchev–Trinajstić information content (AvgIpc) is 3.35. The number of amides is 1. The standard InChI is InChI=1S/C19H23FN4O/c20-17-13-15(19(25)24-9-1-2-10-24)3-4-16(17)14-6-11-23(12-7-14)18-5-8-21-22-18/h3-5,8,13-14H,1-2,6-7,9-12H2,(H,21,22). The Balaban J connectivity index is 1.44. The van der Waals surface area contributed by atoms with Gasteiger partial charge >= 0.3 is 0 Å². The van der Waals surface area contributed by atoms with E-state index in [-0.39, 0.29) is 17.6 Å². The SMILES string of the molecule is O=C(c1ccc(C2CCN(c3ccn[nH]3)CC2)c(F)c1)N1CCCC1. The zero-order valence-corrected chi connectivity index (χ0v) is 14.2. The first-order chi connectivity index (χ1) is 12.2. The van der Waals surface area contributed by atoms with Crippen molar-refractivity contribution in [3.8, 4) is 0 Å². The molecular weight excluding hydrogens is 319 g/mol. The molecule has 1 N–H and O–H groups in total. The van der Waals surface area contributed by atoms with Crippen molar-refractivity contribution in [1.29, 1.82) is 0 Å². The van der Waals surface area contributed by atoms with Crippen LogP contribution in [0.2, 0.25) is 0 Å². The van der Waals surface area contributed by atoms with E-state index in [1.54, 1.807) is 12.3 Å². The molecule has 1 aromatic carbocycles. The number of carbonyl (C=O) groups excluding carboxylic acids is 1. The Hall–Kier alpha value is -2.37. The molecule has 2 aliphatic rings. The third kappa shape index (κ3) is 3.25. The van der Waals surface area contributed by atoms with Gasteiger partial charge in [0, 0.05) is 37.8 Å². The van der Waals surface area contributed by atoms with Gasteiger partial charge in [0.15, 0.2) is 0 Å². The highest BCUT2D eigenvalue weighted by Crippen LogP contribution is 2.32. The van der Waals surface area contributed by atoms with E-state index in [9.17, 15) is 9.18 Å². The molecule has 0 spiro atoms. The van der Waals surface area contributed by atoms with Crippen LogP contribution < -0.4 is 4.90 Å². The molecule has 2 aliphatic heterocycles. The summed E-state index contributed by atoms with van der Waals surface area (Å²) in [7, 11) is 0. The Labute approximate surface area is 146 Å². The number of nitrogens with zero attached hydrogens (tertiary/aromatic N) is 3. The molecule has 6 heteroatoms. The number of H-pyrrole nitrogens is 1. The number of aromatic amines is 1. The van der Waals surface area contributed by atoms with Crippen LogP contribution in [-0.2, 0) is 0 Å². The summed E-state index contributed by atoms with van der Waals surface area (Å²) in [5.41, 5.74) is 1.21. The van der Waals surface area contributed by atoms with Gasteiger partial charge in [0.05, 0.1) is 6.20 Å². The van der Waals surface area contributed by atoms with E-state index < -0.39 is 0 Å². The van der Waals surface area contributed by atoms with E-state index in [4.69, 9.17) is 0 Å². The Morgan fingerprint density at radius 1 is 1.12 bits per heavy atom. The lowest BCUT2D eigenvalue weighted by Crippen LogP contribution is -2.33. The number of halogens is 1. The molecule has 2 saturated heterocycles. The maximum absolute atomic E-state index is 14.7. The van der Waals surface area contributed by atoms with Crippen LogP contribution in [-0.4, -0.2) is 47.2 Å². The molecule has 0 bridgehead atoms. The highest BCUT2D eigenvalue weighted by atomic mass is 19.1. The molecule has 25 heavy (non-hydrogen) atoms. The van der Waals surface area contributed by atoms with E-state index in [2.05, 4.69) is 15.1 Å². The molecule has 3 heterocycles. The first-order valence-corrected chi connectivity index (χ1v) is 9.05. The molecule has 0 atom stereocenters. The second kappa shape index (κ2) is 6.86. The second-order valence-electron chi connectivity index (χ2n) is 6.94. The van der Waals surface area contributed by atoms with Crippen LogP contribution >= 0.6 is 0 Å². The first-order valence-electron chi connectivity index (χ1n) is 9.05. The smallest absolute Gasteiger partial charge is 0.253 e. The van der Waals surface area contributed by atoms with Crippen LogP contribution in [0.25, 0.3) is 0 Å². The van der Waals surface area contributed by atoms with Crippen molar-refractivity contribution in [1.82, 2.24) is 15.1 Å². The fraction of sp³-hybridized carbons (Fsp3) is 0.474. The number of rotatable bonds is 3. The predicted octanol–water partition coefficient (Wildman–Crippen LogP) is 3.17. The molecule has 1 amide bonds. The first kappa shape index (κ1) is 16.1. The predicted molar refractivity (Wildman–Crippen MR) is 94.3 cm³/mol. The molecule has 0 unspecified atom stereocenters. The summed E-state index contributed by atoms with van der Waals surface area (Å²) in [6.45, 7) is 3.32. The number of hydrogen-bond acceptors (Lipinski definition) is 3. The molecule has 2 fully saturated rings. The van der Waals surface area contributed by atoms with E-state index >= 15 is 0 Å². The number of piperidine rings is 1. The van der Waals surface area contributed by atoms with Crippen LogP contribution in [0.5, 0.6) is 0 Å². The summed E-state index contributed by atoms with van der Waals surface area (Å²) < 4.78 is 14.7. The molecule has 1 aromatic heterocycles. The number of likely N-dealkylation sites (tertiary alicyclic amines) is 1. The van der Waals surface area contributed by atoms with E-state index in [1.165, 1.54) is 6.07 Å². The minimum Gasteiger partial charge on any atom is -0.357 e.